The maximum absolute atomic E-state index is 13.4. The summed E-state index contributed by atoms with van der Waals surface area (Å²) in [6.07, 6.45) is -0.395. The maximum Gasteiger partial charge on any atom is 0.328 e. The molecule has 0 spiro atoms. The van der Waals surface area contributed by atoms with Gasteiger partial charge in [-0.3, -0.25) is 19.2 Å². The van der Waals surface area contributed by atoms with Crippen LogP contribution in [0.2, 0.25) is 0 Å². The Morgan fingerprint density at radius 1 is 0.833 bits per heavy atom. The number of nitrogens with two attached hydrogens (primary N) is 1. The minimum absolute atomic E-state index is 0.0247. The summed E-state index contributed by atoms with van der Waals surface area (Å²) in [6.45, 7) is 1.16. The average molecular weight is 582 g/mol. The van der Waals surface area contributed by atoms with E-state index in [1.165, 1.54) is 0 Å². The molecule has 13 heteroatoms. The van der Waals surface area contributed by atoms with Gasteiger partial charge in [-0.25, -0.2) is 4.79 Å². The van der Waals surface area contributed by atoms with Crippen LogP contribution in [0.15, 0.2) is 60.8 Å². The number of nitrogens with one attached hydrogen (secondary N) is 4. The highest BCUT2D eigenvalue weighted by molar-refractivity contribution is 5.95. The van der Waals surface area contributed by atoms with Crippen molar-refractivity contribution >= 4 is 40.6 Å². The highest BCUT2D eigenvalue weighted by Crippen LogP contribution is 2.19. The molecule has 3 rings (SSSR count). The summed E-state index contributed by atoms with van der Waals surface area (Å²) >= 11 is 0. The minimum Gasteiger partial charge on any atom is -0.481 e. The lowest BCUT2D eigenvalue weighted by Crippen LogP contribution is -2.58. The van der Waals surface area contributed by atoms with E-state index in [1.807, 2.05) is 24.3 Å². The summed E-state index contributed by atoms with van der Waals surface area (Å²) in [6, 6.07) is 10.9. The fraction of sp³-hybridized carbons (Fsp3) is 0.345. The number of aromatic amines is 1. The van der Waals surface area contributed by atoms with Crippen LogP contribution >= 0.6 is 0 Å². The molecule has 0 aliphatic heterocycles. The van der Waals surface area contributed by atoms with Gasteiger partial charge in [-0.2, -0.15) is 0 Å². The first-order valence-electron chi connectivity index (χ1n) is 13.3. The first-order chi connectivity index (χ1) is 20.0. The molecule has 0 saturated carbocycles. The SMILES string of the molecule is CC(O)C(NC(=O)C(CCC(=O)O)NC(=O)C(Cc1ccccc1)NC(=O)C(N)Cc1c[nH]c2ccccc12)C(=O)O. The number of aromatic nitrogens is 1. The van der Waals surface area contributed by atoms with E-state index >= 15 is 0 Å². The lowest BCUT2D eigenvalue weighted by atomic mass is 10.0. The van der Waals surface area contributed by atoms with Crippen LogP contribution in [0, 0.1) is 0 Å². The van der Waals surface area contributed by atoms with Gasteiger partial charge in [-0.15, -0.1) is 0 Å². The third kappa shape index (κ3) is 8.88. The number of amides is 3. The largest absolute Gasteiger partial charge is 0.481 e. The molecule has 0 fully saturated rings. The van der Waals surface area contributed by atoms with Crippen LogP contribution in [0.4, 0.5) is 0 Å². The van der Waals surface area contributed by atoms with E-state index < -0.39 is 66.4 Å². The molecule has 5 atom stereocenters. The smallest absolute Gasteiger partial charge is 0.328 e. The number of carboxylic acids is 2. The lowest BCUT2D eigenvalue weighted by Gasteiger charge is -2.25. The van der Waals surface area contributed by atoms with Gasteiger partial charge in [0.1, 0.15) is 12.1 Å². The van der Waals surface area contributed by atoms with Crippen molar-refractivity contribution in [2.24, 2.45) is 5.73 Å². The molecule has 0 radical (unpaired) electrons. The van der Waals surface area contributed by atoms with Crippen LogP contribution in [-0.2, 0) is 36.8 Å². The molecule has 0 aliphatic carbocycles. The average Bonchev–Trinajstić information content (AvgIpc) is 3.35. The van der Waals surface area contributed by atoms with Gasteiger partial charge in [-0.1, -0.05) is 48.5 Å². The normalized spacial score (nSPS) is 14.6. The van der Waals surface area contributed by atoms with Crippen molar-refractivity contribution in [3.8, 4) is 0 Å². The molecule has 3 aromatic rings. The third-order valence-electron chi connectivity index (χ3n) is 6.69. The molecule has 224 valence electrons. The van der Waals surface area contributed by atoms with E-state index in [1.54, 1.807) is 36.5 Å². The second-order valence-electron chi connectivity index (χ2n) is 9.98. The molecule has 3 amide bonds. The summed E-state index contributed by atoms with van der Waals surface area (Å²) in [7, 11) is 0. The molecule has 1 aromatic heterocycles. The van der Waals surface area contributed by atoms with Gasteiger partial charge in [0.15, 0.2) is 6.04 Å². The van der Waals surface area contributed by atoms with Gasteiger partial charge in [0.05, 0.1) is 12.1 Å². The van der Waals surface area contributed by atoms with Crippen LogP contribution in [0.5, 0.6) is 0 Å². The van der Waals surface area contributed by atoms with Crippen LogP contribution < -0.4 is 21.7 Å². The number of benzene rings is 2. The summed E-state index contributed by atoms with van der Waals surface area (Å²) in [5.74, 6) is -5.19. The number of fused-ring (bicyclic) bond motifs is 1. The summed E-state index contributed by atoms with van der Waals surface area (Å²) in [4.78, 5) is 65.3. The van der Waals surface area contributed by atoms with Crippen molar-refractivity contribution in [1.82, 2.24) is 20.9 Å². The lowest BCUT2D eigenvalue weighted by molar-refractivity contribution is -0.145. The second kappa shape index (κ2) is 14.8. The topological polar surface area (TPSA) is 224 Å². The monoisotopic (exact) mass is 581 g/mol. The second-order valence-corrected chi connectivity index (χ2v) is 9.98. The summed E-state index contributed by atoms with van der Waals surface area (Å²) in [5, 5.41) is 36.3. The Morgan fingerprint density at radius 2 is 1.45 bits per heavy atom. The number of carbonyl (C=O) groups excluding carboxylic acids is 3. The van der Waals surface area contributed by atoms with Crippen molar-refractivity contribution in [2.45, 2.75) is 62.9 Å². The van der Waals surface area contributed by atoms with Crippen LogP contribution in [0.3, 0.4) is 0 Å². The van der Waals surface area contributed by atoms with Gasteiger partial charge in [0.2, 0.25) is 17.7 Å². The number of hydrogen-bond acceptors (Lipinski definition) is 7. The number of aliphatic hydroxyl groups excluding tert-OH is 1. The number of hydrogen-bond donors (Lipinski definition) is 8. The zero-order valence-electron chi connectivity index (χ0n) is 22.9. The number of aliphatic carboxylic acids is 2. The first kappa shape index (κ1) is 31.8. The molecular formula is C29H35N5O8. The number of aliphatic hydroxyl groups is 1. The fourth-order valence-corrected chi connectivity index (χ4v) is 4.42. The minimum atomic E-state index is -1.69. The highest BCUT2D eigenvalue weighted by atomic mass is 16.4. The molecule has 13 nitrogen and oxygen atoms in total. The summed E-state index contributed by atoms with van der Waals surface area (Å²) in [5.41, 5.74) is 8.60. The molecular weight excluding hydrogens is 546 g/mol. The molecule has 42 heavy (non-hydrogen) atoms. The number of carboxylic acid groups (broad SMARTS) is 2. The number of H-pyrrole nitrogens is 1. The maximum atomic E-state index is 13.4. The molecule has 0 bridgehead atoms. The fourth-order valence-electron chi connectivity index (χ4n) is 4.42. The van der Waals surface area contributed by atoms with E-state index in [0.29, 0.717) is 5.56 Å². The van der Waals surface area contributed by atoms with Gasteiger partial charge >= 0.3 is 11.9 Å². The van der Waals surface area contributed by atoms with Gasteiger partial charge in [-0.05, 0) is 37.0 Å². The van der Waals surface area contributed by atoms with Crippen LogP contribution in [0.1, 0.15) is 30.9 Å². The van der Waals surface area contributed by atoms with E-state index in [2.05, 4.69) is 20.9 Å². The van der Waals surface area contributed by atoms with E-state index in [4.69, 9.17) is 10.8 Å². The Labute approximate surface area is 241 Å². The zero-order chi connectivity index (χ0) is 30.8. The molecule has 2 aromatic carbocycles. The zero-order valence-corrected chi connectivity index (χ0v) is 22.9. The molecule has 0 aliphatic rings. The van der Waals surface area contributed by atoms with Crippen molar-refractivity contribution in [2.75, 3.05) is 0 Å². The number of carbonyl (C=O) groups is 5. The van der Waals surface area contributed by atoms with Crippen molar-refractivity contribution in [3.63, 3.8) is 0 Å². The van der Waals surface area contributed by atoms with Crippen LogP contribution in [-0.4, -0.2) is 80.2 Å². The third-order valence-corrected chi connectivity index (χ3v) is 6.69. The van der Waals surface area contributed by atoms with Gasteiger partial charge < -0.3 is 42.0 Å². The van der Waals surface area contributed by atoms with Crippen molar-refractivity contribution in [1.29, 1.82) is 0 Å². The number of para-hydroxylation sites is 1. The number of rotatable bonds is 15. The van der Waals surface area contributed by atoms with Gasteiger partial charge in [0, 0.05) is 29.9 Å². The molecule has 1 heterocycles. The standard InChI is InChI=1S/C29H35N5O8/c1-16(35)25(29(41)42)34-27(39)22(11-12-24(36)37)32-28(40)23(13-17-7-3-2-4-8-17)33-26(38)20(30)14-18-15-31-21-10-6-5-9-19(18)21/h2-10,15-16,20,22-23,25,31,35H,11-14,30H2,1H3,(H,32,40)(H,33,38)(H,34,39)(H,36,37)(H,41,42). The van der Waals surface area contributed by atoms with E-state index in [-0.39, 0.29) is 19.3 Å². The Hall–Kier alpha value is -4.75. The Bertz CT molecular complexity index is 1410. The summed E-state index contributed by atoms with van der Waals surface area (Å²) < 4.78 is 0. The Balaban J connectivity index is 1.79. The van der Waals surface area contributed by atoms with Gasteiger partial charge in [0.25, 0.3) is 0 Å². The quantitative estimate of drug-likeness (QED) is 0.121. The van der Waals surface area contributed by atoms with E-state index in [0.717, 1.165) is 23.4 Å². The Morgan fingerprint density at radius 3 is 2.10 bits per heavy atom. The Kier molecular flexibility index (Phi) is 11.2. The van der Waals surface area contributed by atoms with Crippen molar-refractivity contribution in [3.05, 3.63) is 71.9 Å². The predicted octanol–water partition coefficient (Wildman–Crippen LogP) is 0.0650. The highest BCUT2D eigenvalue weighted by Gasteiger charge is 2.32. The predicted molar refractivity (Wildman–Crippen MR) is 152 cm³/mol. The molecule has 9 N–H and O–H groups in total. The van der Waals surface area contributed by atoms with E-state index in [9.17, 15) is 34.2 Å². The van der Waals surface area contributed by atoms with Crippen LogP contribution in [0.25, 0.3) is 10.9 Å². The van der Waals surface area contributed by atoms with Crippen molar-refractivity contribution < 1.29 is 39.3 Å². The first-order valence-corrected chi connectivity index (χ1v) is 13.3. The molecule has 5 unspecified atom stereocenters. The molecule has 0 saturated heterocycles.